The maximum atomic E-state index is 12.0. The average Bonchev–Trinajstić information content (AvgIpc) is 2.35. The molecule has 0 fully saturated rings. The first kappa shape index (κ1) is 15.4. The highest BCUT2D eigenvalue weighted by atomic mass is 35.5. The van der Waals surface area contributed by atoms with Crippen molar-refractivity contribution in [3.63, 3.8) is 0 Å². The molecule has 1 heterocycles. The minimum Gasteiger partial charge on any atom is -0.462 e. The third kappa shape index (κ3) is 4.48. The van der Waals surface area contributed by atoms with E-state index in [1.54, 1.807) is 32.9 Å². The van der Waals surface area contributed by atoms with Crippen molar-refractivity contribution in [2.45, 2.75) is 20.8 Å². The van der Waals surface area contributed by atoms with Crippen LogP contribution >= 0.6 is 11.6 Å². The molecule has 1 rings (SSSR count). The summed E-state index contributed by atoms with van der Waals surface area (Å²) < 4.78 is 4.90. The fourth-order valence-electron chi connectivity index (χ4n) is 1.42. The summed E-state index contributed by atoms with van der Waals surface area (Å²) in [5.41, 5.74) is 0.663. The van der Waals surface area contributed by atoms with E-state index in [9.17, 15) is 9.59 Å². The Hall–Kier alpha value is -1.68. The van der Waals surface area contributed by atoms with Crippen molar-refractivity contribution in [2.75, 3.05) is 6.61 Å². The SMILES string of the molecule is CCOC(=O)/C(=C/c1ccnc(Cl)c1)C(=O)C(C)C. The van der Waals surface area contributed by atoms with Crippen molar-refractivity contribution in [1.29, 1.82) is 0 Å². The Labute approximate surface area is 117 Å². The summed E-state index contributed by atoms with van der Waals surface area (Å²) >= 11 is 5.77. The molecule has 0 N–H and O–H groups in total. The highest BCUT2D eigenvalue weighted by molar-refractivity contribution is 6.29. The molecule has 1 aromatic heterocycles. The largest absolute Gasteiger partial charge is 0.462 e. The lowest BCUT2D eigenvalue weighted by Crippen LogP contribution is -2.19. The average molecular weight is 282 g/mol. The van der Waals surface area contributed by atoms with Crippen molar-refractivity contribution >= 4 is 29.4 Å². The molecule has 102 valence electrons. The molecule has 0 aliphatic carbocycles. The molecule has 0 bridgehead atoms. The summed E-state index contributed by atoms with van der Waals surface area (Å²) in [5, 5.41) is 0.300. The Balaban J connectivity index is 3.15. The van der Waals surface area contributed by atoms with Crippen LogP contribution in [0.4, 0.5) is 0 Å². The number of ether oxygens (including phenoxy) is 1. The van der Waals surface area contributed by atoms with E-state index < -0.39 is 5.97 Å². The zero-order valence-electron chi connectivity index (χ0n) is 11.1. The summed E-state index contributed by atoms with van der Waals surface area (Å²) in [6, 6.07) is 3.24. The second-order valence-corrected chi connectivity index (χ2v) is 4.60. The summed E-state index contributed by atoms with van der Waals surface area (Å²) in [7, 11) is 0. The van der Waals surface area contributed by atoms with Gasteiger partial charge in [-0.25, -0.2) is 9.78 Å². The molecule has 0 radical (unpaired) electrons. The molecule has 19 heavy (non-hydrogen) atoms. The first-order chi connectivity index (χ1) is 8.95. The summed E-state index contributed by atoms with van der Waals surface area (Å²) in [4.78, 5) is 27.7. The number of carbonyl (C=O) groups is 2. The molecule has 0 saturated heterocycles. The molecule has 0 saturated carbocycles. The molecule has 5 heteroatoms. The lowest BCUT2D eigenvalue weighted by molar-refractivity contribution is -0.140. The van der Waals surface area contributed by atoms with E-state index in [0.717, 1.165) is 0 Å². The van der Waals surface area contributed by atoms with Gasteiger partial charge < -0.3 is 4.74 Å². The van der Waals surface area contributed by atoms with Gasteiger partial charge in [0.15, 0.2) is 5.78 Å². The molecule has 0 atom stereocenters. The van der Waals surface area contributed by atoms with Gasteiger partial charge in [0.1, 0.15) is 10.7 Å². The molecule has 1 aromatic rings. The number of esters is 1. The fraction of sp³-hybridized carbons (Fsp3) is 0.357. The number of hydrogen-bond donors (Lipinski definition) is 0. The molecule has 0 spiro atoms. The summed E-state index contributed by atoms with van der Waals surface area (Å²) in [6.07, 6.45) is 2.99. The van der Waals surface area contributed by atoms with E-state index in [4.69, 9.17) is 16.3 Å². The monoisotopic (exact) mass is 281 g/mol. The molecule has 0 unspecified atom stereocenters. The number of ketones is 1. The first-order valence-electron chi connectivity index (χ1n) is 6.00. The van der Waals surface area contributed by atoms with Crippen molar-refractivity contribution in [2.24, 2.45) is 5.92 Å². The predicted molar refractivity (Wildman–Crippen MR) is 73.7 cm³/mol. The van der Waals surface area contributed by atoms with E-state index in [1.165, 1.54) is 12.3 Å². The normalized spacial score (nSPS) is 11.5. The molecule has 0 aromatic carbocycles. The van der Waals surface area contributed by atoms with E-state index in [1.807, 2.05) is 0 Å². The number of pyridine rings is 1. The van der Waals surface area contributed by atoms with Crippen LogP contribution in [0.1, 0.15) is 26.3 Å². The Morgan fingerprint density at radius 2 is 2.16 bits per heavy atom. The number of halogens is 1. The van der Waals surface area contributed by atoms with E-state index in [-0.39, 0.29) is 23.9 Å². The van der Waals surface area contributed by atoms with Gasteiger partial charge in [0.05, 0.1) is 6.61 Å². The molecule has 0 aliphatic heterocycles. The van der Waals surface area contributed by atoms with Gasteiger partial charge in [-0.1, -0.05) is 25.4 Å². The van der Waals surface area contributed by atoms with Crippen LogP contribution in [0.5, 0.6) is 0 Å². The van der Waals surface area contributed by atoms with Gasteiger partial charge in [0.25, 0.3) is 0 Å². The molecule has 0 amide bonds. The molecular weight excluding hydrogens is 266 g/mol. The second kappa shape index (κ2) is 7.04. The fourth-order valence-corrected chi connectivity index (χ4v) is 1.61. The molecule has 0 aliphatic rings. The lowest BCUT2D eigenvalue weighted by atomic mass is 9.99. The quantitative estimate of drug-likeness (QED) is 0.274. The summed E-state index contributed by atoms with van der Waals surface area (Å²) in [5.74, 6) is -1.16. The van der Waals surface area contributed by atoms with Gasteiger partial charge in [-0.15, -0.1) is 0 Å². The van der Waals surface area contributed by atoms with Gasteiger partial charge in [-0.05, 0) is 30.7 Å². The minimum absolute atomic E-state index is 0.0270. The second-order valence-electron chi connectivity index (χ2n) is 4.21. The molecular formula is C14H16ClNO3. The van der Waals surface area contributed by atoms with Crippen LogP contribution in [0.2, 0.25) is 5.15 Å². The third-order valence-corrected chi connectivity index (χ3v) is 2.55. The van der Waals surface area contributed by atoms with Crippen molar-refractivity contribution in [3.05, 3.63) is 34.6 Å². The Morgan fingerprint density at radius 1 is 1.47 bits per heavy atom. The number of nitrogens with zero attached hydrogens (tertiary/aromatic N) is 1. The highest BCUT2D eigenvalue weighted by Crippen LogP contribution is 2.15. The lowest BCUT2D eigenvalue weighted by Gasteiger charge is -2.08. The number of rotatable bonds is 5. The smallest absolute Gasteiger partial charge is 0.341 e. The number of carbonyl (C=O) groups excluding carboxylic acids is 2. The van der Waals surface area contributed by atoms with Crippen LogP contribution in [0.15, 0.2) is 23.9 Å². The maximum absolute atomic E-state index is 12.0. The van der Waals surface area contributed by atoms with Crippen molar-refractivity contribution < 1.29 is 14.3 Å². The van der Waals surface area contributed by atoms with Gasteiger partial charge in [0.2, 0.25) is 0 Å². The van der Waals surface area contributed by atoms with Crippen LogP contribution in [0.3, 0.4) is 0 Å². The zero-order chi connectivity index (χ0) is 14.4. The van der Waals surface area contributed by atoms with Crippen LogP contribution in [0.25, 0.3) is 6.08 Å². The first-order valence-corrected chi connectivity index (χ1v) is 6.38. The zero-order valence-corrected chi connectivity index (χ0v) is 11.9. The van der Waals surface area contributed by atoms with Gasteiger partial charge in [-0.3, -0.25) is 4.79 Å². The number of Topliss-reactive ketones (excluding diaryl/α,β-unsaturated/α-hetero) is 1. The number of aromatic nitrogens is 1. The standard InChI is InChI=1S/C14H16ClNO3/c1-4-19-14(18)11(13(17)9(2)3)7-10-5-6-16-12(15)8-10/h5-9H,4H2,1-3H3/b11-7+. The number of hydrogen-bond acceptors (Lipinski definition) is 4. The van der Waals surface area contributed by atoms with Crippen LogP contribution in [0, 0.1) is 5.92 Å². The van der Waals surface area contributed by atoms with Gasteiger partial charge in [0, 0.05) is 12.1 Å². The van der Waals surface area contributed by atoms with Crippen LogP contribution < -0.4 is 0 Å². The van der Waals surface area contributed by atoms with Gasteiger partial charge in [-0.2, -0.15) is 0 Å². The van der Waals surface area contributed by atoms with Crippen molar-refractivity contribution in [3.8, 4) is 0 Å². The Kier molecular flexibility index (Phi) is 5.70. The Morgan fingerprint density at radius 3 is 2.68 bits per heavy atom. The van der Waals surface area contributed by atoms with E-state index in [0.29, 0.717) is 10.7 Å². The van der Waals surface area contributed by atoms with E-state index in [2.05, 4.69) is 4.98 Å². The predicted octanol–water partition coefficient (Wildman–Crippen LogP) is 2.91. The topological polar surface area (TPSA) is 56.3 Å². The van der Waals surface area contributed by atoms with Crippen LogP contribution in [-0.4, -0.2) is 23.3 Å². The van der Waals surface area contributed by atoms with Crippen LogP contribution in [-0.2, 0) is 14.3 Å². The van der Waals surface area contributed by atoms with Crippen molar-refractivity contribution in [1.82, 2.24) is 4.98 Å². The Bertz CT molecular complexity index is 509. The highest BCUT2D eigenvalue weighted by Gasteiger charge is 2.22. The van der Waals surface area contributed by atoms with Gasteiger partial charge >= 0.3 is 5.97 Å². The maximum Gasteiger partial charge on any atom is 0.341 e. The summed E-state index contributed by atoms with van der Waals surface area (Å²) in [6.45, 7) is 5.38. The third-order valence-electron chi connectivity index (χ3n) is 2.35. The minimum atomic E-state index is -0.617. The van der Waals surface area contributed by atoms with E-state index >= 15 is 0 Å². The molecule has 4 nitrogen and oxygen atoms in total.